The summed E-state index contributed by atoms with van der Waals surface area (Å²) in [5.41, 5.74) is 1.60. The van der Waals surface area contributed by atoms with Gasteiger partial charge in [-0.05, 0) is 19.9 Å². The predicted molar refractivity (Wildman–Crippen MR) is 61.4 cm³/mol. The fraction of sp³-hybridized carbons (Fsp3) is 0.818. The molecular formula is C11H24Si. The molecule has 0 atom stereocenters. The van der Waals surface area contributed by atoms with Crippen LogP contribution in [0.15, 0.2) is 11.6 Å². The molecule has 0 fully saturated rings. The number of rotatable bonds is 5. The maximum Gasteiger partial charge on any atom is 0.0567 e. The first-order valence-corrected chi connectivity index (χ1v) is 8.08. The van der Waals surface area contributed by atoms with E-state index in [2.05, 4.69) is 40.7 Å². The van der Waals surface area contributed by atoms with Crippen molar-refractivity contribution in [2.45, 2.75) is 58.8 Å². The zero-order chi connectivity index (χ0) is 9.61. The summed E-state index contributed by atoms with van der Waals surface area (Å²) in [6, 6.07) is 5.77. The highest BCUT2D eigenvalue weighted by molar-refractivity contribution is 6.80. The minimum atomic E-state index is -0.870. The van der Waals surface area contributed by atoms with Crippen molar-refractivity contribution < 1.29 is 0 Å². The molecule has 0 aromatic rings. The Balaban J connectivity index is 4.30. The highest BCUT2D eigenvalue weighted by Gasteiger charge is 2.26. The van der Waals surface area contributed by atoms with Crippen molar-refractivity contribution in [2.24, 2.45) is 0 Å². The molecule has 1 heteroatoms. The van der Waals surface area contributed by atoms with Gasteiger partial charge in [-0.1, -0.05) is 50.6 Å². The van der Waals surface area contributed by atoms with E-state index in [1.165, 1.54) is 24.2 Å². The lowest BCUT2D eigenvalue weighted by Gasteiger charge is -2.28. The van der Waals surface area contributed by atoms with Crippen LogP contribution >= 0.6 is 0 Å². The van der Waals surface area contributed by atoms with Gasteiger partial charge in [-0.15, -0.1) is 0 Å². The molecule has 0 aliphatic heterocycles. The summed E-state index contributed by atoms with van der Waals surface area (Å²) < 4.78 is 0. The molecule has 0 saturated heterocycles. The molecule has 0 aromatic heterocycles. The molecule has 12 heavy (non-hydrogen) atoms. The summed E-state index contributed by atoms with van der Waals surface area (Å²) in [6.45, 7) is 11.6. The normalized spacial score (nSPS) is 13.6. The molecule has 0 unspecified atom stereocenters. The Labute approximate surface area is 79.1 Å². The number of allylic oxidation sites excluding steroid dienone is 2. The minimum absolute atomic E-state index is 0.870. The van der Waals surface area contributed by atoms with Gasteiger partial charge < -0.3 is 0 Å². The van der Waals surface area contributed by atoms with Crippen molar-refractivity contribution in [3.8, 4) is 0 Å². The zero-order valence-corrected chi connectivity index (χ0v) is 10.4. The largest absolute Gasteiger partial charge is 0.0890 e. The molecule has 0 aromatic carbocycles. The molecule has 0 aliphatic carbocycles. The van der Waals surface area contributed by atoms with Gasteiger partial charge in [0.2, 0.25) is 0 Å². The van der Waals surface area contributed by atoms with Gasteiger partial charge in [0.1, 0.15) is 0 Å². The van der Waals surface area contributed by atoms with Crippen LogP contribution in [0, 0.1) is 0 Å². The maximum atomic E-state index is 2.38. The first-order valence-electron chi connectivity index (χ1n) is 5.26. The molecule has 0 spiro atoms. The molecule has 0 aliphatic rings. The first-order chi connectivity index (χ1) is 5.64. The summed E-state index contributed by atoms with van der Waals surface area (Å²) in [7, 11) is -0.870. The molecule has 0 bridgehead atoms. The second-order valence-electron chi connectivity index (χ2n) is 3.87. The summed E-state index contributed by atoms with van der Waals surface area (Å²) >= 11 is 0. The van der Waals surface area contributed by atoms with Crippen LogP contribution in [0.25, 0.3) is 0 Å². The van der Waals surface area contributed by atoms with E-state index in [0.29, 0.717) is 0 Å². The zero-order valence-electron chi connectivity index (χ0n) is 9.41. The van der Waals surface area contributed by atoms with Crippen molar-refractivity contribution in [3.63, 3.8) is 0 Å². The molecule has 0 amide bonds. The van der Waals surface area contributed by atoms with Gasteiger partial charge in [0.25, 0.3) is 0 Å². The van der Waals surface area contributed by atoms with Gasteiger partial charge >= 0.3 is 0 Å². The third-order valence-corrected chi connectivity index (χ3v) is 9.20. The van der Waals surface area contributed by atoms with Crippen LogP contribution in [-0.4, -0.2) is 8.07 Å². The van der Waals surface area contributed by atoms with Crippen molar-refractivity contribution >= 4 is 8.07 Å². The average Bonchev–Trinajstić information content (AvgIpc) is 2.14. The molecule has 0 rings (SSSR count). The van der Waals surface area contributed by atoms with Crippen molar-refractivity contribution in [1.82, 2.24) is 0 Å². The Morgan fingerprint density at radius 1 is 1.08 bits per heavy atom. The van der Waals surface area contributed by atoms with E-state index in [0.717, 1.165) is 0 Å². The van der Waals surface area contributed by atoms with E-state index in [-0.39, 0.29) is 0 Å². The van der Waals surface area contributed by atoms with Gasteiger partial charge in [0.05, 0.1) is 8.07 Å². The Kier molecular flexibility index (Phi) is 5.56. The van der Waals surface area contributed by atoms with Crippen LogP contribution in [0.1, 0.15) is 34.6 Å². The van der Waals surface area contributed by atoms with E-state index in [4.69, 9.17) is 0 Å². The number of hydrogen-bond acceptors (Lipinski definition) is 0. The highest BCUT2D eigenvalue weighted by Crippen LogP contribution is 2.28. The molecule has 0 saturated carbocycles. The molecule has 0 radical (unpaired) electrons. The Morgan fingerprint density at radius 3 is 1.75 bits per heavy atom. The smallest absolute Gasteiger partial charge is 0.0567 e. The van der Waals surface area contributed by atoms with Crippen molar-refractivity contribution in [1.29, 1.82) is 0 Å². The maximum absolute atomic E-state index is 2.38. The highest BCUT2D eigenvalue weighted by atomic mass is 28.3. The topological polar surface area (TPSA) is 0 Å². The fourth-order valence-electron chi connectivity index (χ4n) is 1.82. The van der Waals surface area contributed by atoms with E-state index in [1.54, 1.807) is 5.57 Å². The molecule has 0 N–H and O–H groups in total. The molecule has 0 nitrogen and oxygen atoms in total. The van der Waals surface area contributed by atoms with Gasteiger partial charge in [0.15, 0.2) is 0 Å². The Hall–Kier alpha value is -0.0431. The lowest BCUT2D eigenvalue weighted by molar-refractivity contribution is 1.11. The molecule has 72 valence electrons. The number of hydrogen-bond donors (Lipinski definition) is 0. The van der Waals surface area contributed by atoms with E-state index < -0.39 is 8.07 Å². The van der Waals surface area contributed by atoms with E-state index in [9.17, 15) is 0 Å². The molecular weight excluding hydrogens is 160 g/mol. The van der Waals surface area contributed by atoms with Crippen molar-refractivity contribution in [2.75, 3.05) is 0 Å². The summed E-state index contributed by atoms with van der Waals surface area (Å²) in [4.78, 5) is 0. The van der Waals surface area contributed by atoms with Crippen molar-refractivity contribution in [3.05, 3.63) is 11.6 Å². The third kappa shape index (κ3) is 3.14. The molecule has 0 heterocycles. The monoisotopic (exact) mass is 184 g/mol. The van der Waals surface area contributed by atoms with Gasteiger partial charge in [-0.3, -0.25) is 0 Å². The van der Waals surface area contributed by atoms with Gasteiger partial charge in [0, 0.05) is 0 Å². The van der Waals surface area contributed by atoms with E-state index in [1.807, 2.05) is 0 Å². The van der Waals surface area contributed by atoms with Crippen LogP contribution in [-0.2, 0) is 0 Å². The first kappa shape index (κ1) is 12.0. The van der Waals surface area contributed by atoms with Crippen LogP contribution in [0.2, 0.25) is 24.2 Å². The van der Waals surface area contributed by atoms with Gasteiger partial charge in [-0.2, -0.15) is 0 Å². The fourth-order valence-corrected chi connectivity index (χ4v) is 5.46. The standard InChI is InChI=1S/C11H24Si/c1-6-11(5)10-12(7-2,8-3)9-4/h6H,7-10H2,1-5H3/b11-6+. The Morgan fingerprint density at radius 2 is 1.50 bits per heavy atom. The van der Waals surface area contributed by atoms with Crippen LogP contribution < -0.4 is 0 Å². The lowest BCUT2D eigenvalue weighted by Crippen LogP contribution is -2.31. The lowest BCUT2D eigenvalue weighted by atomic mass is 10.3. The summed E-state index contributed by atoms with van der Waals surface area (Å²) in [5.74, 6) is 0. The second kappa shape index (κ2) is 5.58. The second-order valence-corrected chi connectivity index (χ2v) is 9.35. The quantitative estimate of drug-likeness (QED) is 0.437. The predicted octanol–water partition coefficient (Wildman–Crippen LogP) is 4.46. The van der Waals surface area contributed by atoms with Crippen LogP contribution in [0.3, 0.4) is 0 Å². The summed E-state index contributed by atoms with van der Waals surface area (Å²) in [5, 5.41) is 0. The Bertz CT molecular complexity index is 135. The SMILES string of the molecule is C/C=C(\C)C[Si](CC)(CC)CC. The summed E-state index contributed by atoms with van der Waals surface area (Å²) in [6.07, 6.45) is 2.28. The minimum Gasteiger partial charge on any atom is -0.0890 e. The van der Waals surface area contributed by atoms with Gasteiger partial charge in [-0.25, -0.2) is 0 Å². The van der Waals surface area contributed by atoms with Crippen LogP contribution in [0.4, 0.5) is 0 Å². The van der Waals surface area contributed by atoms with Crippen LogP contribution in [0.5, 0.6) is 0 Å². The third-order valence-electron chi connectivity index (χ3n) is 3.40. The average molecular weight is 184 g/mol. The van der Waals surface area contributed by atoms with E-state index >= 15 is 0 Å².